The Hall–Kier alpha value is -2.85. The van der Waals surface area contributed by atoms with Gasteiger partial charge in [-0.1, -0.05) is 84.0 Å². The first kappa shape index (κ1) is 20.9. The summed E-state index contributed by atoms with van der Waals surface area (Å²) in [6.45, 7) is 1.75. The Morgan fingerprint density at radius 3 is 2.34 bits per heavy atom. The molecule has 0 aromatic heterocycles. The fourth-order valence-electron chi connectivity index (χ4n) is 3.56. The number of rotatable bonds is 11. The van der Waals surface area contributed by atoms with Gasteiger partial charge in [-0.3, -0.25) is 0 Å². The van der Waals surface area contributed by atoms with E-state index >= 15 is 0 Å². The number of allylic oxidation sites excluding steroid dienone is 2. The van der Waals surface area contributed by atoms with Gasteiger partial charge in [-0.15, -0.1) is 0 Å². The Balaban J connectivity index is 1.63. The van der Waals surface area contributed by atoms with E-state index in [4.69, 9.17) is 15.0 Å². The topological polar surface area (TPSA) is 67.2 Å². The van der Waals surface area contributed by atoms with Gasteiger partial charge in [0.05, 0.1) is 25.9 Å². The second-order valence-electron chi connectivity index (χ2n) is 7.00. The number of hydrogen-bond donors (Lipinski definition) is 0. The first-order valence-electron chi connectivity index (χ1n) is 10.0. The molecule has 2 atom stereocenters. The van der Waals surface area contributed by atoms with Crippen LogP contribution in [0.4, 0.5) is 0 Å². The van der Waals surface area contributed by atoms with E-state index in [1.54, 1.807) is 0 Å². The van der Waals surface area contributed by atoms with Crippen LogP contribution in [0.25, 0.3) is 10.4 Å². The van der Waals surface area contributed by atoms with Crippen LogP contribution in [0, 0.1) is 5.92 Å². The van der Waals surface area contributed by atoms with Crippen molar-refractivity contribution in [3.8, 4) is 0 Å². The lowest BCUT2D eigenvalue weighted by molar-refractivity contribution is 0.00380. The van der Waals surface area contributed by atoms with Gasteiger partial charge in [0.15, 0.2) is 0 Å². The van der Waals surface area contributed by atoms with Crippen molar-refractivity contribution in [3.63, 3.8) is 0 Å². The van der Waals surface area contributed by atoms with E-state index in [-0.39, 0.29) is 12.0 Å². The first-order chi connectivity index (χ1) is 14.4. The molecule has 0 bridgehead atoms. The van der Waals surface area contributed by atoms with E-state index in [0.717, 1.165) is 12.8 Å². The van der Waals surface area contributed by atoms with Crippen molar-refractivity contribution in [1.29, 1.82) is 0 Å². The van der Waals surface area contributed by atoms with Gasteiger partial charge in [0.2, 0.25) is 0 Å². The number of ether oxygens (including phenoxy) is 2. The second-order valence-corrected chi connectivity index (χ2v) is 7.00. The summed E-state index contributed by atoms with van der Waals surface area (Å²) in [5.41, 5.74) is 12.2. The van der Waals surface area contributed by atoms with Gasteiger partial charge in [0.25, 0.3) is 0 Å². The molecule has 0 radical (unpaired) electrons. The molecule has 150 valence electrons. The van der Waals surface area contributed by atoms with Crippen molar-refractivity contribution in [3.05, 3.63) is 106 Å². The monoisotopic (exact) mass is 389 g/mol. The Labute approximate surface area is 172 Å². The van der Waals surface area contributed by atoms with Crippen LogP contribution in [-0.2, 0) is 22.3 Å². The van der Waals surface area contributed by atoms with E-state index in [1.807, 2.05) is 12.1 Å². The van der Waals surface area contributed by atoms with E-state index < -0.39 is 0 Å². The molecule has 0 heterocycles. The SMILES string of the molecule is [N-]=[N+]=NCCOCCOC1C(Cc2ccccc2)=CC=CC1Cc1ccccc1. The molecule has 2 aromatic carbocycles. The molecule has 3 rings (SSSR count). The average Bonchev–Trinajstić information content (AvgIpc) is 2.76. The van der Waals surface area contributed by atoms with Crippen LogP contribution in [0.2, 0.25) is 0 Å². The molecule has 5 heteroatoms. The third-order valence-corrected chi connectivity index (χ3v) is 4.91. The van der Waals surface area contributed by atoms with Crippen molar-refractivity contribution >= 4 is 0 Å². The van der Waals surface area contributed by atoms with Gasteiger partial charge in [0, 0.05) is 17.4 Å². The summed E-state index contributed by atoms with van der Waals surface area (Å²) < 4.78 is 11.8. The largest absolute Gasteiger partial charge is 0.379 e. The molecular formula is C24H27N3O2. The zero-order chi connectivity index (χ0) is 20.2. The summed E-state index contributed by atoms with van der Waals surface area (Å²) in [6, 6.07) is 21.0. The molecule has 29 heavy (non-hydrogen) atoms. The van der Waals surface area contributed by atoms with Crippen LogP contribution in [0.5, 0.6) is 0 Å². The maximum absolute atomic E-state index is 8.31. The average molecular weight is 389 g/mol. The van der Waals surface area contributed by atoms with E-state index in [1.165, 1.54) is 16.7 Å². The Bertz CT molecular complexity index is 843. The molecule has 5 nitrogen and oxygen atoms in total. The number of hydrogen-bond acceptors (Lipinski definition) is 3. The molecule has 0 amide bonds. The summed E-state index contributed by atoms with van der Waals surface area (Å²) in [6.07, 6.45) is 8.41. The number of benzene rings is 2. The smallest absolute Gasteiger partial charge is 0.0858 e. The number of azide groups is 1. The van der Waals surface area contributed by atoms with E-state index in [2.05, 4.69) is 76.8 Å². The highest BCUT2D eigenvalue weighted by atomic mass is 16.5. The van der Waals surface area contributed by atoms with Crippen LogP contribution in [0.1, 0.15) is 11.1 Å². The van der Waals surface area contributed by atoms with Gasteiger partial charge >= 0.3 is 0 Å². The zero-order valence-corrected chi connectivity index (χ0v) is 16.6. The summed E-state index contributed by atoms with van der Waals surface area (Å²) in [7, 11) is 0. The van der Waals surface area contributed by atoms with Crippen molar-refractivity contribution in [2.75, 3.05) is 26.4 Å². The fraction of sp³-hybridized carbons (Fsp3) is 0.333. The van der Waals surface area contributed by atoms with Crippen molar-refractivity contribution in [2.24, 2.45) is 11.0 Å². The highest BCUT2D eigenvalue weighted by Gasteiger charge is 2.26. The van der Waals surface area contributed by atoms with Crippen LogP contribution >= 0.6 is 0 Å². The molecule has 1 aliphatic rings. The van der Waals surface area contributed by atoms with Crippen molar-refractivity contribution < 1.29 is 9.47 Å². The van der Waals surface area contributed by atoms with Gasteiger partial charge < -0.3 is 9.47 Å². The van der Waals surface area contributed by atoms with Gasteiger partial charge in [0.1, 0.15) is 0 Å². The number of nitrogens with zero attached hydrogens (tertiary/aromatic N) is 3. The molecule has 0 N–H and O–H groups in total. The maximum Gasteiger partial charge on any atom is 0.0858 e. The van der Waals surface area contributed by atoms with Crippen LogP contribution in [0.3, 0.4) is 0 Å². The summed E-state index contributed by atoms with van der Waals surface area (Å²) in [5, 5.41) is 3.47. The first-order valence-corrected chi connectivity index (χ1v) is 10.0. The van der Waals surface area contributed by atoms with Crippen LogP contribution in [-0.4, -0.2) is 32.5 Å². The predicted octanol–water partition coefficient (Wildman–Crippen LogP) is 5.30. The molecule has 2 unspecified atom stereocenters. The van der Waals surface area contributed by atoms with Gasteiger partial charge in [-0.25, -0.2) is 0 Å². The third-order valence-electron chi connectivity index (χ3n) is 4.91. The zero-order valence-electron chi connectivity index (χ0n) is 16.6. The van der Waals surface area contributed by atoms with Crippen molar-refractivity contribution in [2.45, 2.75) is 18.9 Å². The molecule has 0 spiro atoms. The fourth-order valence-corrected chi connectivity index (χ4v) is 3.56. The van der Waals surface area contributed by atoms with Crippen molar-refractivity contribution in [1.82, 2.24) is 0 Å². The standard InChI is InChI=1S/C24H27N3O2/c25-27-26-14-15-28-16-17-29-24-22(18-20-8-3-1-4-9-20)12-7-13-23(24)19-21-10-5-2-6-11-21/h1-13,22,24H,14-19H2. The third kappa shape index (κ3) is 6.91. The summed E-state index contributed by atoms with van der Waals surface area (Å²) in [4.78, 5) is 2.73. The Morgan fingerprint density at radius 1 is 0.897 bits per heavy atom. The lowest BCUT2D eigenvalue weighted by atomic mass is 9.83. The lowest BCUT2D eigenvalue weighted by Crippen LogP contribution is -2.30. The molecule has 0 saturated heterocycles. The molecule has 1 aliphatic carbocycles. The predicted molar refractivity (Wildman–Crippen MR) is 116 cm³/mol. The minimum absolute atomic E-state index is 0.0149. The van der Waals surface area contributed by atoms with Gasteiger partial charge in [-0.2, -0.15) is 0 Å². The van der Waals surface area contributed by atoms with Gasteiger partial charge in [-0.05, 0) is 35.1 Å². The Kier molecular flexibility index (Phi) is 8.55. The molecule has 0 fully saturated rings. The molecule has 2 aromatic rings. The molecule has 0 saturated carbocycles. The minimum atomic E-state index is 0.0149. The normalized spacial score (nSPS) is 18.1. The highest BCUT2D eigenvalue weighted by Crippen LogP contribution is 2.28. The molecular weight excluding hydrogens is 362 g/mol. The highest BCUT2D eigenvalue weighted by molar-refractivity contribution is 5.32. The Morgan fingerprint density at radius 2 is 1.62 bits per heavy atom. The lowest BCUT2D eigenvalue weighted by Gasteiger charge is -2.30. The van der Waals surface area contributed by atoms with E-state index in [9.17, 15) is 0 Å². The van der Waals surface area contributed by atoms with E-state index in [0.29, 0.717) is 26.4 Å². The summed E-state index contributed by atoms with van der Waals surface area (Å²) in [5.74, 6) is 0.282. The minimum Gasteiger partial charge on any atom is -0.379 e. The maximum atomic E-state index is 8.31. The molecule has 0 aliphatic heterocycles. The second kappa shape index (κ2) is 11.9. The van der Waals surface area contributed by atoms with Crippen LogP contribution in [0.15, 0.2) is 89.6 Å². The summed E-state index contributed by atoms with van der Waals surface area (Å²) >= 11 is 0. The quantitative estimate of drug-likeness (QED) is 0.227. The van der Waals surface area contributed by atoms with Crippen LogP contribution < -0.4 is 0 Å².